The molecule has 0 aromatic heterocycles. The summed E-state index contributed by atoms with van der Waals surface area (Å²) in [5, 5.41) is 2.88. The molecule has 0 unspecified atom stereocenters. The summed E-state index contributed by atoms with van der Waals surface area (Å²) in [6.45, 7) is 7.10. The Bertz CT molecular complexity index is 462. The van der Waals surface area contributed by atoms with Crippen LogP contribution in [0.25, 0.3) is 0 Å². The maximum atomic E-state index is 11.7. The van der Waals surface area contributed by atoms with Crippen molar-refractivity contribution in [2.45, 2.75) is 32.7 Å². The monoisotopic (exact) mass is 278 g/mol. The van der Waals surface area contributed by atoms with Crippen molar-refractivity contribution in [3.63, 3.8) is 0 Å². The molecule has 0 saturated carbocycles. The summed E-state index contributed by atoms with van der Waals surface area (Å²) in [7, 11) is 0. The molecule has 110 valence electrons. The number of ether oxygens (including phenoxy) is 1. The number of carbonyl (C=O) groups is 1. The molecular weight excluding hydrogens is 256 g/mol. The number of amides is 2. The zero-order chi connectivity index (χ0) is 14.5. The van der Waals surface area contributed by atoms with Gasteiger partial charge in [0.25, 0.3) is 0 Å². The molecule has 0 bridgehead atoms. The van der Waals surface area contributed by atoms with Gasteiger partial charge in [0.1, 0.15) is 5.75 Å². The van der Waals surface area contributed by atoms with Crippen LogP contribution in [0.2, 0.25) is 0 Å². The number of para-hydroxylation sites is 1. The van der Waals surface area contributed by atoms with Crippen molar-refractivity contribution < 1.29 is 14.4 Å². The van der Waals surface area contributed by atoms with Crippen LogP contribution < -0.4 is 15.5 Å². The Morgan fingerprint density at radius 2 is 2.15 bits per heavy atom. The highest BCUT2D eigenvalue weighted by atomic mass is 16.7. The van der Waals surface area contributed by atoms with Crippen LogP contribution in [0.3, 0.4) is 0 Å². The van der Waals surface area contributed by atoms with Gasteiger partial charge in [-0.05, 0) is 18.9 Å². The van der Waals surface area contributed by atoms with Crippen LogP contribution in [-0.4, -0.2) is 25.3 Å². The van der Waals surface area contributed by atoms with E-state index in [0.717, 1.165) is 11.3 Å². The molecule has 1 aliphatic rings. The maximum Gasteiger partial charge on any atom is 0.338 e. The lowest BCUT2D eigenvalue weighted by Crippen LogP contribution is -2.44. The Labute approximate surface area is 119 Å². The lowest BCUT2D eigenvalue weighted by molar-refractivity contribution is 0.0430. The Morgan fingerprint density at radius 3 is 2.90 bits per heavy atom. The molecule has 1 aromatic carbocycles. The first-order valence-corrected chi connectivity index (χ1v) is 6.98. The van der Waals surface area contributed by atoms with E-state index >= 15 is 0 Å². The largest absolute Gasteiger partial charge is 0.493 e. The molecule has 1 aromatic rings. The second kappa shape index (κ2) is 6.61. The second-order valence-electron chi connectivity index (χ2n) is 5.52. The van der Waals surface area contributed by atoms with Gasteiger partial charge in [-0.25, -0.2) is 10.3 Å². The number of nitrogens with one attached hydrogen (secondary N) is 2. The summed E-state index contributed by atoms with van der Waals surface area (Å²) in [6.07, 6.45) is 0. The van der Waals surface area contributed by atoms with E-state index in [1.54, 1.807) is 0 Å². The zero-order valence-electron chi connectivity index (χ0n) is 12.2. The molecule has 2 N–H and O–H groups in total. The summed E-state index contributed by atoms with van der Waals surface area (Å²) in [4.78, 5) is 16.8. The van der Waals surface area contributed by atoms with Gasteiger partial charge < -0.3 is 10.1 Å². The van der Waals surface area contributed by atoms with Crippen LogP contribution in [0.4, 0.5) is 4.79 Å². The Kier molecular flexibility index (Phi) is 4.84. The maximum absolute atomic E-state index is 11.7. The minimum Gasteiger partial charge on any atom is -0.493 e. The van der Waals surface area contributed by atoms with Crippen LogP contribution >= 0.6 is 0 Å². The van der Waals surface area contributed by atoms with Crippen LogP contribution in [0.1, 0.15) is 32.3 Å². The summed E-state index contributed by atoms with van der Waals surface area (Å²) in [5.74, 6) is 1.45. The van der Waals surface area contributed by atoms with E-state index in [-0.39, 0.29) is 18.0 Å². The summed E-state index contributed by atoms with van der Waals surface area (Å²) < 4.78 is 5.62. The standard InChI is InChI=1S/C15H22N2O3/c1-10(2)8-20-17-15(18)16-11(3)13-9-19-14-7-5-4-6-12(13)14/h4-7,10-11,13H,8-9H2,1-3H3,(H2,16,17,18)/t11-,13-/m0/s1. The Balaban J connectivity index is 1.84. The first kappa shape index (κ1) is 14.7. The highest BCUT2D eigenvalue weighted by Gasteiger charge is 2.29. The van der Waals surface area contributed by atoms with Gasteiger partial charge in [0.05, 0.1) is 13.2 Å². The third-order valence-corrected chi connectivity index (χ3v) is 3.28. The molecule has 2 amide bonds. The van der Waals surface area contributed by atoms with Gasteiger partial charge in [-0.1, -0.05) is 32.0 Å². The number of benzene rings is 1. The quantitative estimate of drug-likeness (QED) is 0.813. The molecule has 1 heterocycles. The predicted octanol–water partition coefficient (Wildman–Crippen LogP) is 2.44. The molecule has 0 radical (unpaired) electrons. The van der Waals surface area contributed by atoms with Crippen molar-refractivity contribution in [1.82, 2.24) is 10.8 Å². The minimum atomic E-state index is -0.317. The zero-order valence-corrected chi connectivity index (χ0v) is 12.2. The van der Waals surface area contributed by atoms with Crippen molar-refractivity contribution in [2.75, 3.05) is 13.2 Å². The molecular formula is C15H22N2O3. The van der Waals surface area contributed by atoms with E-state index < -0.39 is 0 Å². The number of rotatable bonds is 5. The van der Waals surface area contributed by atoms with Crippen LogP contribution in [0, 0.1) is 5.92 Å². The fraction of sp³-hybridized carbons (Fsp3) is 0.533. The third kappa shape index (κ3) is 3.63. The third-order valence-electron chi connectivity index (χ3n) is 3.28. The Hall–Kier alpha value is -1.75. The fourth-order valence-electron chi connectivity index (χ4n) is 2.21. The molecule has 2 atom stereocenters. The molecule has 20 heavy (non-hydrogen) atoms. The van der Waals surface area contributed by atoms with E-state index in [0.29, 0.717) is 19.1 Å². The van der Waals surface area contributed by atoms with E-state index in [1.807, 2.05) is 45.0 Å². The lowest BCUT2D eigenvalue weighted by Gasteiger charge is -2.20. The van der Waals surface area contributed by atoms with Gasteiger partial charge in [-0.15, -0.1) is 0 Å². The second-order valence-corrected chi connectivity index (χ2v) is 5.52. The van der Waals surface area contributed by atoms with Gasteiger partial charge in [0, 0.05) is 17.5 Å². The normalized spacial score (nSPS) is 18.3. The number of fused-ring (bicyclic) bond motifs is 1. The highest BCUT2D eigenvalue weighted by molar-refractivity contribution is 5.73. The average molecular weight is 278 g/mol. The summed E-state index contributed by atoms with van der Waals surface area (Å²) in [5.41, 5.74) is 3.54. The van der Waals surface area contributed by atoms with Crippen LogP contribution in [0.15, 0.2) is 24.3 Å². The first-order chi connectivity index (χ1) is 9.58. The summed E-state index contributed by atoms with van der Waals surface area (Å²) in [6, 6.07) is 7.58. The molecule has 0 fully saturated rings. The van der Waals surface area contributed by atoms with Crippen LogP contribution in [0.5, 0.6) is 5.75 Å². The molecule has 0 aliphatic carbocycles. The number of hydrogen-bond acceptors (Lipinski definition) is 3. The van der Waals surface area contributed by atoms with Crippen molar-refractivity contribution in [1.29, 1.82) is 0 Å². The lowest BCUT2D eigenvalue weighted by atomic mass is 9.95. The van der Waals surface area contributed by atoms with Gasteiger partial charge in [0.2, 0.25) is 0 Å². The van der Waals surface area contributed by atoms with E-state index in [2.05, 4.69) is 10.8 Å². The number of hydrogen-bond donors (Lipinski definition) is 2. The van der Waals surface area contributed by atoms with E-state index in [4.69, 9.17) is 9.57 Å². The number of carbonyl (C=O) groups excluding carboxylic acids is 1. The van der Waals surface area contributed by atoms with Gasteiger partial charge >= 0.3 is 6.03 Å². The van der Waals surface area contributed by atoms with Gasteiger partial charge in [0.15, 0.2) is 0 Å². The SMILES string of the molecule is CC(C)CONC(=O)N[C@@H](C)[C@@H]1COc2ccccc21. The number of urea groups is 1. The molecule has 5 heteroatoms. The van der Waals surface area contributed by atoms with E-state index in [1.165, 1.54) is 0 Å². The van der Waals surface area contributed by atoms with E-state index in [9.17, 15) is 4.79 Å². The van der Waals surface area contributed by atoms with Crippen molar-refractivity contribution >= 4 is 6.03 Å². The summed E-state index contributed by atoms with van der Waals surface area (Å²) >= 11 is 0. The molecule has 1 aliphatic heterocycles. The van der Waals surface area contributed by atoms with Crippen molar-refractivity contribution in [2.24, 2.45) is 5.92 Å². The van der Waals surface area contributed by atoms with Crippen LogP contribution in [-0.2, 0) is 4.84 Å². The van der Waals surface area contributed by atoms with Gasteiger partial charge in [-0.2, -0.15) is 0 Å². The van der Waals surface area contributed by atoms with Gasteiger partial charge in [-0.3, -0.25) is 4.84 Å². The van der Waals surface area contributed by atoms with Crippen molar-refractivity contribution in [3.8, 4) is 5.75 Å². The average Bonchev–Trinajstić information content (AvgIpc) is 2.82. The fourth-order valence-corrected chi connectivity index (χ4v) is 2.21. The smallest absolute Gasteiger partial charge is 0.338 e. The Morgan fingerprint density at radius 1 is 1.40 bits per heavy atom. The molecule has 0 spiro atoms. The number of hydroxylamine groups is 1. The van der Waals surface area contributed by atoms with Crippen molar-refractivity contribution in [3.05, 3.63) is 29.8 Å². The molecule has 0 saturated heterocycles. The first-order valence-electron chi connectivity index (χ1n) is 6.98. The predicted molar refractivity (Wildman–Crippen MR) is 76.6 cm³/mol. The topological polar surface area (TPSA) is 59.6 Å². The molecule has 2 rings (SSSR count). The minimum absolute atomic E-state index is 0.0266. The molecule has 5 nitrogen and oxygen atoms in total. The highest BCUT2D eigenvalue weighted by Crippen LogP contribution is 2.35.